The zero-order valence-corrected chi connectivity index (χ0v) is 21.3. The molecule has 3 rings (SSSR count). The quantitative estimate of drug-likeness (QED) is 0.344. The van der Waals surface area contributed by atoms with Crippen molar-refractivity contribution in [3.05, 3.63) is 63.7 Å². The number of rotatable bonds is 7. The maximum atomic E-state index is 13.8. The Morgan fingerprint density at radius 3 is 2.53 bits per heavy atom. The highest BCUT2D eigenvalue weighted by molar-refractivity contribution is 6.35. The van der Waals surface area contributed by atoms with Crippen LogP contribution in [0.2, 0.25) is 5.02 Å². The molecule has 0 saturated carbocycles. The molecule has 1 aromatic heterocycles. The van der Waals surface area contributed by atoms with Gasteiger partial charge in [-0.05, 0) is 64.4 Å². The summed E-state index contributed by atoms with van der Waals surface area (Å²) in [5.74, 6) is 0.205. The fraction of sp³-hybridized carbons (Fsp3) is 0.360. The molecule has 4 N–H and O–H groups in total. The first-order valence-electron chi connectivity index (χ1n) is 11.4. The van der Waals surface area contributed by atoms with Gasteiger partial charge in [0, 0.05) is 24.4 Å². The zero-order chi connectivity index (χ0) is 26.6. The van der Waals surface area contributed by atoms with Crippen molar-refractivity contribution in [1.82, 2.24) is 19.8 Å². The van der Waals surface area contributed by atoms with Crippen LogP contribution in [0.25, 0.3) is 16.6 Å². The fourth-order valence-corrected chi connectivity index (χ4v) is 4.32. The van der Waals surface area contributed by atoms with Gasteiger partial charge in [0.1, 0.15) is 5.82 Å². The Hall–Kier alpha value is -3.63. The van der Waals surface area contributed by atoms with Crippen LogP contribution in [0.5, 0.6) is 0 Å². The van der Waals surface area contributed by atoms with Gasteiger partial charge in [0.15, 0.2) is 0 Å². The minimum Gasteiger partial charge on any atom is -0.465 e. The summed E-state index contributed by atoms with van der Waals surface area (Å²) in [6.07, 6.45) is -0.737. The molecule has 0 bridgehead atoms. The molecule has 0 fully saturated rings. The van der Waals surface area contributed by atoms with E-state index < -0.39 is 29.3 Å². The van der Waals surface area contributed by atoms with Gasteiger partial charge < -0.3 is 20.8 Å². The number of halogens is 1. The van der Waals surface area contributed by atoms with Gasteiger partial charge in [-0.2, -0.15) is 0 Å². The van der Waals surface area contributed by atoms with Crippen LogP contribution >= 0.6 is 11.6 Å². The second kappa shape index (κ2) is 11.0. The predicted octanol–water partition coefficient (Wildman–Crippen LogP) is 4.38. The molecule has 11 heteroatoms. The third-order valence-corrected chi connectivity index (χ3v) is 5.86. The SMILES string of the molecule is CC(c1nc2cccc(Cl)c2c(=O)n1-c1cccc(NC(=O)NCCCO)c1)N(C(=O)O)C(C)(C)C. The monoisotopic (exact) mass is 515 g/mol. The van der Waals surface area contributed by atoms with Crippen LogP contribution in [0, 0.1) is 0 Å². The second-order valence-corrected chi connectivity index (χ2v) is 9.66. The van der Waals surface area contributed by atoms with Crippen molar-refractivity contribution >= 4 is 40.3 Å². The van der Waals surface area contributed by atoms with Crippen LogP contribution in [0.3, 0.4) is 0 Å². The second-order valence-electron chi connectivity index (χ2n) is 9.25. The number of aliphatic hydroxyl groups is 1. The van der Waals surface area contributed by atoms with E-state index in [0.29, 0.717) is 29.9 Å². The maximum Gasteiger partial charge on any atom is 0.408 e. The lowest BCUT2D eigenvalue weighted by Crippen LogP contribution is -2.47. The molecular weight excluding hydrogens is 486 g/mol. The van der Waals surface area contributed by atoms with E-state index in [1.54, 1.807) is 70.2 Å². The number of hydrogen-bond acceptors (Lipinski definition) is 5. The Balaban J connectivity index is 2.19. The third-order valence-electron chi connectivity index (χ3n) is 5.55. The summed E-state index contributed by atoms with van der Waals surface area (Å²) >= 11 is 6.36. The van der Waals surface area contributed by atoms with Crippen LogP contribution in [-0.2, 0) is 0 Å². The first-order valence-corrected chi connectivity index (χ1v) is 11.8. The van der Waals surface area contributed by atoms with Gasteiger partial charge >= 0.3 is 12.1 Å². The Bertz CT molecular complexity index is 1330. The number of aliphatic hydroxyl groups excluding tert-OH is 1. The Morgan fingerprint density at radius 1 is 1.19 bits per heavy atom. The Kier molecular flexibility index (Phi) is 8.21. The number of carboxylic acid groups (broad SMARTS) is 1. The molecule has 1 unspecified atom stereocenters. The summed E-state index contributed by atoms with van der Waals surface area (Å²) in [6, 6.07) is 10.2. The molecule has 0 radical (unpaired) electrons. The van der Waals surface area contributed by atoms with Crippen LogP contribution < -0.4 is 16.2 Å². The van der Waals surface area contributed by atoms with Crippen molar-refractivity contribution in [2.45, 2.75) is 45.7 Å². The molecule has 1 atom stereocenters. The molecule has 10 nitrogen and oxygen atoms in total. The molecule has 3 amide bonds. The number of carbonyl (C=O) groups is 2. The standard InChI is InChI=1S/C25H30ClN5O5/c1-15(31(24(35)36)25(2,3)4)21-29-19-11-6-10-18(26)20(19)22(33)30(21)17-9-5-8-16(14-17)28-23(34)27-12-7-13-32/h5-6,8-11,14-15,32H,7,12-13H2,1-4H3,(H,35,36)(H2,27,28,34). The van der Waals surface area contributed by atoms with Crippen LogP contribution in [0.4, 0.5) is 15.3 Å². The van der Waals surface area contributed by atoms with E-state index in [1.807, 2.05) is 0 Å². The molecule has 0 saturated heterocycles. The lowest BCUT2D eigenvalue weighted by Gasteiger charge is -2.38. The number of benzene rings is 2. The summed E-state index contributed by atoms with van der Waals surface area (Å²) in [6.45, 7) is 7.21. The molecular formula is C25H30ClN5O5. The summed E-state index contributed by atoms with van der Waals surface area (Å²) < 4.78 is 1.33. The van der Waals surface area contributed by atoms with Gasteiger partial charge in [0.05, 0.1) is 27.7 Å². The molecule has 0 aliphatic heterocycles. The highest BCUT2D eigenvalue weighted by Crippen LogP contribution is 2.30. The lowest BCUT2D eigenvalue weighted by atomic mass is 10.0. The predicted molar refractivity (Wildman–Crippen MR) is 139 cm³/mol. The number of urea groups is 1. The van der Waals surface area contributed by atoms with Gasteiger partial charge in [-0.1, -0.05) is 23.7 Å². The molecule has 192 valence electrons. The summed E-state index contributed by atoms with van der Waals surface area (Å²) in [7, 11) is 0. The Morgan fingerprint density at radius 2 is 1.89 bits per heavy atom. The summed E-state index contributed by atoms with van der Waals surface area (Å²) in [5.41, 5.74) is -0.112. The van der Waals surface area contributed by atoms with Gasteiger partial charge in [0.2, 0.25) is 0 Å². The largest absolute Gasteiger partial charge is 0.465 e. The van der Waals surface area contributed by atoms with Crippen molar-refractivity contribution in [1.29, 1.82) is 0 Å². The fourth-order valence-electron chi connectivity index (χ4n) is 4.06. The minimum absolute atomic E-state index is 0.0426. The van der Waals surface area contributed by atoms with Gasteiger partial charge in [0.25, 0.3) is 5.56 Å². The van der Waals surface area contributed by atoms with Gasteiger partial charge in [-0.15, -0.1) is 0 Å². The smallest absolute Gasteiger partial charge is 0.408 e. The number of nitrogens with zero attached hydrogens (tertiary/aromatic N) is 3. The highest BCUT2D eigenvalue weighted by atomic mass is 35.5. The number of fused-ring (bicyclic) bond motifs is 1. The van der Waals surface area contributed by atoms with E-state index in [4.69, 9.17) is 16.7 Å². The zero-order valence-electron chi connectivity index (χ0n) is 20.6. The van der Waals surface area contributed by atoms with E-state index in [1.165, 1.54) is 9.47 Å². The topological polar surface area (TPSA) is 137 Å². The first kappa shape index (κ1) is 27.0. The Labute approximate surface area is 213 Å². The van der Waals surface area contributed by atoms with E-state index in [9.17, 15) is 19.5 Å². The molecule has 1 heterocycles. The highest BCUT2D eigenvalue weighted by Gasteiger charge is 2.34. The van der Waals surface area contributed by atoms with E-state index in [0.717, 1.165) is 0 Å². The average molecular weight is 516 g/mol. The van der Waals surface area contributed by atoms with Crippen molar-refractivity contribution < 1.29 is 19.8 Å². The number of nitrogens with one attached hydrogen (secondary N) is 2. The van der Waals surface area contributed by atoms with E-state index >= 15 is 0 Å². The van der Waals surface area contributed by atoms with Crippen LogP contribution in [-0.4, -0.2) is 55.5 Å². The lowest BCUT2D eigenvalue weighted by molar-refractivity contribution is 0.0719. The van der Waals surface area contributed by atoms with Gasteiger partial charge in [-0.25, -0.2) is 14.6 Å². The third kappa shape index (κ3) is 5.77. The molecule has 36 heavy (non-hydrogen) atoms. The number of amides is 3. The maximum absolute atomic E-state index is 13.8. The van der Waals surface area contributed by atoms with Crippen molar-refractivity contribution in [2.75, 3.05) is 18.5 Å². The first-order chi connectivity index (χ1) is 17.0. The number of carbonyl (C=O) groups excluding carboxylic acids is 1. The van der Waals surface area contributed by atoms with Crippen molar-refractivity contribution in [3.63, 3.8) is 0 Å². The number of aromatic nitrogens is 2. The summed E-state index contributed by atoms with van der Waals surface area (Å²) in [5, 5.41) is 24.6. The van der Waals surface area contributed by atoms with Crippen LogP contribution in [0.1, 0.15) is 46.0 Å². The number of hydrogen-bond donors (Lipinski definition) is 4. The van der Waals surface area contributed by atoms with Crippen LogP contribution in [0.15, 0.2) is 47.3 Å². The average Bonchev–Trinajstić information content (AvgIpc) is 2.78. The van der Waals surface area contributed by atoms with Gasteiger partial charge in [-0.3, -0.25) is 14.3 Å². The summed E-state index contributed by atoms with van der Waals surface area (Å²) in [4.78, 5) is 44.1. The number of anilines is 1. The van der Waals surface area contributed by atoms with Crippen molar-refractivity contribution in [2.24, 2.45) is 0 Å². The normalized spacial score (nSPS) is 12.3. The van der Waals surface area contributed by atoms with E-state index in [-0.39, 0.29) is 22.8 Å². The van der Waals surface area contributed by atoms with Crippen molar-refractivity contribution in [3.8, 4) is 5.69 Å². The molecule has 0 aliphatic rings. The van der Waals surface area contributed by atoms with E-state index in [2.05, 4.69) is 15.6 Å². The molecule has 3 aromatic rings. The molecule has 2 aromatic carbocycles. The minimum atomic E-state index is -1.16. The molecule has 0 spiro atoms. The molecule has 0 aliphatic carbocycles.